The van der Waals surface area contributed by atoms with Crippen LogP contribution in [0.15, 0.2) is 59.4 Å². The number of aromatic nitrogens is 2. The van der Waals surface area contributed by atoms with Gasteiger partial charge in [0.15, 0.2) is 0 Å². The Kier molecular flexibility index (Phi) is 3.52. The van der Waals surface area contributed by atoms with Gasteiger partial charge in [0.05, 0.1) is 23.3 Å². The molecule has 4 heteroatoms. The van der Waals surface area contributed by atoms with E-state index >= 15 is 0 Å². The summed E-state index contributed by atoms with van der Waals surface area (Å²) in [5, 5.41) is 0.622. The summed E-state index contributed by atoms with van der Waals surface area (Å²) in [7, 11) is 0. The second-order valence-electron chi connectivity index (χ2n) is 4.56. The Morgan fingerprint density at radius 3 is 2.45 bits per heavy atom. The molecule has 0 amide bonds. The van der Waals surface area contributed by atoms with Crippen LogP contribution in [-0.2, 0) is 12.4 Å². The fraction of sp³-hybridized carbons (Fsp3) is 0.125. The molecule has 20 heavy (non-hydrogen) atoms. The van der Waals surface area contributed by atoms with Gasteiger partial charge in [-0.15, -0.1) is 11.6 Å². The van der Waals surface area contributed by atoms with E-state index in [0.717, 1.165) is 5.56 Å². The molecule has 0 bridgehead atoms. The van der Waals surface area contributed by atoms with E-state index in [0.29, 0.717) is 23.3 Å². The Labute approximate surface area is 121 Å². The zero-order chi connectivity index (χ0) is 13.9. The number of fused-ring (bicyclic) bond motifs is 1. The Balaban J connectivity index is 2.18. The van der Waals surface area contributed by atoms with Gasteiger partial charge in [0.1, 0.15) is 5.82 Å². The van der Waals surface area contributed by atoms with Crippen molar-refractivity contribution in [3.8, 4) is 0 Å². The Hall–Kier alpha value is -2.13. The van der Waals surface area contributed by atoms with Gasteiger partial charge in [-0.2, -0.15) is 0 Å². The fourth-order valence-electron chi connectivity index (χ4n) is 2.25. The van der Waals surface area contributed by atoms with Crippen LogP contribution >= 0.6 is 11.6 Å². The SMILES string of the molecule is O=c1c2ccccc2nc(CCl)n1Cc1ccccc1. The first kappa shape index (κ1) is 12.9. The normalized spacial score (nSPS) is 10.8. The maximum absolute atomic E-state index is 12.6. The van der Waals surface area contributed by atoms with Gasteiger partial charge in [-0.05, 0) is 17.7 Å². The van der Waals surface area contributed by atoms with Crippen molar-refractivity contribution in [3.05, 3.63) is 76.3 Å². The van der Waals surface area contributed by atoms with Crippen molar-refractivity contribution < 1.29 is 0 Å². The van der Waals surface area contributed by atoms with E-state index in [1.807, 2.05) is 48.5 Å². The predicted molar refractivity (Wildman–Crippen MR) is 81.1 cm³/mol. The van der Waals surface area contributed by atoms with Crippen molar-refractivity contribution >= 4 is 22.5 Å². The summed E-state index contributed by atoms with van der Waals surface area (Å²) >= 11 is 5.95. The molecule has 3 rings (SSSR count). The van der Waals surface area contributed by atoms with Gasteiger partial charge in [0.25, 0.3) is 5.56 Å². The second-order valence-corrected chi connectivity index (χ2v) is 4.82. The van der Waals surface area contributed by atoms with Crippen LogP contribution in [0.1, 0.15) is 11.4 Å². The minimum absolute atomic E-state index is 0.0462. The number of halogens is 1. The molecule has 0 saturated carbocycles. The summed E-state index contributed by atoms with van der Waals surface area (Å²) in [4.78, 5) is 17.1. The van der Waals surface area contributed by atoms with Crippen LogP contribution in [-0.4, -0.2) is 9.55 Å². The average Bonchev–Trinajstić information content (AvgIpc) is 2.51. The number of para-hydroxylation sites is 1. The lowest BCUT2D eigenvalue weighted by molar-refractivity contribution is 0.706. The summed E-state index contributed by atoms with van der Waals surface area (Å²) in [6.07, 6.45) is 0. The summed E-state index contributed by atoms with van der Waals surface area (Å²) in [6, 6.07) is 17.2. The van der Waals surface area contributed by atoms with E-state index in [9.17, 15) is 4.79 Å². The predicted octanol–water partition coefficient (Wildman–Crippen LogP) is 3.18. The highest BCUT2D eigenvalue weighted by Crippen LogP contribution is 2.11. The van der Waals surface area contributed by atoms with Crippen LogP contribution in [0, 0.1) is 0 Å². The summed E-state index contributed by atoms with van der Waals surface area (Å²) in [6.45, 7) is 0.486. The van der Waals surface area contributed by atoms with Crippen LogP contribution in [0.25, 0.3) is 10.9 Å². The maximum Gasteiger partial charge on any atom is 0.261 e. The molecular formula is C16H13ClN2O. The summed E-state index contributed by atoms with van der Waals surface area (Å²) in [5.74, 6) is 0.812. The van der Waals surface area contributed by atoms with Crippen LogP contribution in [0.2, 0.25) is 0 Å². The van der Waals surface area contributed by atoms with Gasteiger partial charge >= 0.3 is 0 Å². The highest BCUT2D eigenvalue weighted by atomic mass is 35.5. The van der Waals surface area contributed by atoms with E-state index in [2.05, 4.69) is 4.98 Å². The first-order valence-electron chi connectivity index (χ1n) is 6.38. The van der Waals surface area contributed by atoms with Gasteiger partial charge in [-0.3, -0.25) is 9.36 Å². The molecule has 0 fully saturated rings. The van der Waals surface area contributed by atoms with Gasteiger partial charge in [-0.1, -0.05) is 42.5 Å². The number of hydrogen-bond acceptors (Lipinski definition) is 2. The lowest BCUT2D eigenvalue weighted by Crippen LogP contribution is -2.25. The van der Waals surface area contributed by atoms with Gasteiger partial charge in [-0.25, -0.2) is 4.98 Å². The third-order valence-corrected chi connectivity index (χ3v) is 3.48. The molecule has 0 spiro atoms. The molecule has 0 unspecified atom stereocenters. The fourth-order valence-corrected chi connectivity index (χ4v) is 2.45. The van der Waals surface area contributed by atoms with Crippen molar-refractivity contribution in [2.75, 3.05) is 0 Å². The number of rotatable bonds is 3. The number of benzene rings is 2. The van der Waals surface area contributed by atoms with Crippen molar-refractivity contribution in [1.29, 1.82) is 0 Å². The van der Waals surface area contributed by atoms with Crippen molar-refractivity contribution in [2.45, 2.75) is 12.4 Å². The largest absolute Gasteiger partial charge is 0.291 e. The molecule has 0 aliphatic carbocycles. The van der Waals surface area contributed by atoms with E-state index in [1.165, 1.54) is 0 Å². The van der Waals surface area contributed by atoms with Gasteiger partial charge < -0.3 is 0 Å². The van der Waals surface area contributed by atoms with E-state index < -0.39 is 0 Å². The van der Waals surface area contributed by atoms with Crippen molar-refractivity contribution in [3.63, 3.8) is 0 Å². The summed E-state index contributed by atoms with van der Waals surface area (Å²) in [5.41, 5.74) is 1.70. The Bertz CT molecular complexity index is 796. The molecule has 3 nitrogen and oxygen atoms in total. The van der Waals surface area contributed by atoms with E-state index in [1.54, 1.807) is 10.6 Å². The molecule has 0 saturated heterocycles. The van der Waals surface area contributed by atoms with Crippen LogP contribution in [0.5, 0.6) is 0 Å². The highest BCUT2D eigenvalue weighted by molar-refractivity contribution is 6.16. The number of nitrogens with zero attached hydrogens (tertiary/aromatic N) is 2. The van der Waals surface area contributed by atoms with Crippen molar-refractivity contribution in [1.82, 2.24) is 9.55 Å². The minimum atomic E-state index is -0.0462. The lowest BCUT2D eigenvalue weighted by Gasteiger charge is -2.11. The zero-order valence-electron chi connectivity index (χ0n) is 10.8. The third-order valence-electron chi connectivity index (χ3n) is 3.24. The topological polar surface area (TPSA) is 34.9 Å². The lowest BCUT2D eigenvalue weighted by atomic mass is 10.2. The van der Waals surface area contributed by atoms with Crippen LogP contribution in [0.3, 0.4) is 0 Å². The monoisotopic (exact) mass is 284 g/mol. The molecule has 100 valence electrons. The summed E-state index contributed by atoms with van der Waals surface area (Å²) < 4.78 is 1.64. The zero-order valence-corrected chi connectivity index (χ0v) is 11.5. The molecule has 3 aromatic rings. The van der Waals surface area contributed by atoms with Gasteiger partial charge in [0, 0.05) is 0 Å². The highest BCUT2D eigenvalue weighted by Gasteiger charge is 2.10. The average molecular weight is 285 g/mol. The van der Waals surface area contributed by atoms with Gasteiger partial charge in [0.2, 0.25) is 0 Å². The maximum atomic E-state index is 12.6. The van der Waals surface area contributed by atoms with Crippen LogP contribution < -0.4 is 5.56 Å². The molecule has 1 heterocycles. The third kappa shape index (κ3) is 2.32. The van der Waals surface area contributed by atoms with E-state index in [4.69, 9.17) is 11.6 Å². The number of alkyl halides is 1. The van der Waals surface area contributed by atoms with E-state index in [-0.39, 0.29) is 11.4 Å². The molecule has 2 aromatic carbocycles. The quantitative estimate of drug-likeness (QED) is 0.692. The molecule has 0 aliphatic heterocycles. The Morgan fingerprint density at radius 2 is 1.70 bits per heavy atom. The Morgan fingerprint density at radius 1 is 1.00 bits per heavy atom. The second kappa shape index (κ2) is 5.47. The molecule has 0 radical (unpaired) electrons. The molecular weight excluding hydrogens is 272 g/mol. The van der Waals surface area contributed by atoms with Crippen LogP contribution in [0.4, 0.5) is 0 Å². The molecule has 0 aliphatic rings. The van der Waals surface area contributed by atoms with Crippen molar-refractivity contribution in [2.24, 2.45) is 0 Å². The first-order chi connectivity index (χ1) is 9.79. The molecule has 0 atom stereocenters. The number of hydrogen-bond donors (Lipinski definition) is 0. The minimum Gasteiger partial charge on any atom is -0.291 e. The molecule has 1 aromatic heterocycles. The molecule has 0 N–H and O–H groups in total. The standard InChI is InChI=1S/C16H13ClN2O/c17-10-15-18-14-9-5-4-8-13(14)16(20)19(15)11-12-6-2-1-3-7-12/h1-9H,10-11H2. The first-order valence-corrected chi connectivity index (χ1v) is 6.91. The smallest absolute Gasteiger partial charge is 0.261 e.